The molecule has 0 saturated carbocycles. The zero-order chi connectivity index (χ0) is 28.6. The summed E-state index contributed by atoms with van der Waals surface area (Å²) < 4.78 is 32.2. The van der Waals surface area contributed by atoms with Crippen LogP contribution in [0.5, 0.6) is 5.75 Å². The first-order valence-electron chi connectivity index (χ1n) is 12.8. The highest BCUT2D eigenvalue weighted by atomic mass is 32.2. The fourth-order valence-electron chi connectivity index (χ4n) is 4.33. The normalized spacial score (nSPS) is 12.1. The van der Waals surface area contributed by atoms with E-state index < -0.39 is 28.5 Å². The summed E-state index contributed by atoms with van der Waals surface area (Å²) in [7, 11) is -0.732. The molecule has 0 fully saturated rings. The Hall–Kier alpha value is -3.85. The summed E-state index contributed by atoms with van der Waals surface area (Å²) in [5.74, 6) is 0.0440. The summed E-state index contributed by atoms with van der Waals surface area (Å²) in [5, 5.41) is 2.67. The largest absolute Gasteiger partial charge is 0.497 e. The van der Waals surface area contributed by atoms with E-state index in [4.69, 9.17) is 4.74 Å². The van der Waals surface area contributed by atoms with Crippen molar-refractivity contribution >= 4 is 27.5 Å². The van der Waals surface area contributed by atoms with Crippen molar-refractivity contribution in [1.82, 2.24) is 10.2 Å². The van der Waals surface area contributed by atoms with Gasteiger partial charge in [0, 0.05) is 20.0 Å². The molecule has 0 aromatic heterocycles. The molecule has 2 amide bonds. The zero-order valence-corrected chi connectivity index (χ0v) is 23.9. The molecule has 0 aliphatic carbocycles. The number of carbonyl (C=O) groups is 2. The molecule has 39 heavy (non-hydrogen) atoms. The minimum atomic E-state index is -3.81. The van der Waals surface area contributed by atoms with Gasteiger partial charge < -0.3 is 15.0 Å². The van der Waals surface area contributed by atoms with Gasteiger partial charge in [0.25, 0.3) is 0 Å². The number of benzene rings is 3. The number of anilines is 1. The van der Waals surface area contributed by atoms with E-state index in [-0.39, 0.29) is 24.8 Å². The van der Waals surface area contributed by atoms with Gasteiger partial charge in [-0.05, 0) is 46.9 Å². The molecule has 1 N–H and O–H groups in total. The second-order valence-electron chi connectivity index (χ2n) is 9.71. The van der Waals surface area contributed by atoms with E-state index in [1.165, 1.54) is 11.9 Å². The highest BCUT2D eigenvalue weighted by molar-refractivity contribution is 7.92. The Balaban J connectivity index is 2.02. The fraction of sp³-hybridized carbons (Fsp3) is 0.333. The molecule has 0 spiro atoms. The van der Waals surface area contributed by atoms with Crippen molar-refractivity contribution in [3.8, 4) is 5.75 Å². The number of nitrogens with zero attached hydrogens (tertiary/aromatic N) is 2. The zero-order valence-electron chi connectivity index (χ0n) is 23.1. The van der Waals surface area contributed by atoms with Gasteiger partial charge in [-0.3, -0.25) is 13.9 Å². The minimum absolute atomic E-state index is 0.0881. The molecule has 1 atom stereocenters. The van der Waals surface area contributed by atoms with Gasteiger partial charge in [0.05, 0.1) is 19.1 Å². The summed E-state index contributed by atoms with van der Waals surface area (Å²) >= 11 is 0. The second-order valence-corrected chi connectivity index (χ2v) is 11.6. The number of likely N-dealkylation sites (N-methyl/N-ethyl adjacent to an activating group) is 1. The maximum absolute atomic E-state index is 14.0. The van der Waals surface area contributed by atoms with E-state index in [9.17, 15) is 18.0 Å². The van der Waals surface area contributed by atoms with Crippen LogP contribution in [0.3, 0.4) is 0 Å². The van der Waals surface area contributed by atoms with Crippen LogP contribution in [-0.2, 0) is 32.6 Å². The molecule has 208 valence electrons. The number of ether oxygens (including phenoxy) is 1. The lowest BCUT2D eigenvalue weighted by molar-refractivity contribution is -0.139. The number of sulfonamides is 1. The Morgan fingerprint density at radius 1 is 0.923 bits per heavy atom. The first kappa shape index (κ1) is 29.7. The van der Waals surface area contributed by atoms with E-state index in [0.717, 1.165) is 27.3 Å². The van der Waals surface area contributed by atoms with Crippen LogP contribution in [0, 0.1) is 0 Å². The summed E-state index contributed by atoms with van der Waals surface area (Å²) in [6.07, 6.45) is 1.33. The average molecular weight is 552 g/mol. The number of nitrogens with one attached hydrogen (secondary N) is 1. The maximum Gasteiger partial charge on any atom is 0.244 e. The Bertz CT molecular complexity index is 1360. The van der Waals surface area contributed by atoms with Crippen LogP contribution < -0.4 is 14.4 Å². The number of hydrogen-bond donors (Lipinski definition) is 1. The molecule has 0 radical (unpaired) electrons. The molecule has 3 rings (SSSR count). The molecule has 0 unspecified atom stereocenters. The van der Waals surface area contributed by atoms with E-state index in [0.29, 0.717) is 11.4 Å². The fourth-order valence-corrected chi connectivity index (χ4v) is 5.18. The third kappa shape index (κ3) is 8.07. The van der Waals surface area contributed by atoms with Crippen LogP contribution in [0.25, 0.3) is 0 Å². The van der Waals surface area contributed by atoms with Gasteiger partial charge >= 0.3 is 0 Å². The third-order valence-corrected chi connectivity index (χ3v) is 7.67. The van der Waals surface area contributed by atoms with Crippen molar-refractivity contribution < 1.29 is 22.7 Å². The highest BCUT2D eigenvalue weighted by Crippen LogP contribution is 2.24. The SMILES string of the molecule is CNC(=O)[C@H](Cc1ccccc1)N(Cc1cccc(OC)c1)C(=O)CN(c1ccc(C(C)C)cc1)S(C)(=O)=O. The van der Waals surface area contributed by atoms with Crippen molar-refractivity contribution in [1.29, 1.82) is 0 Å². The second kappa shape index (κ2) is 13.3. The van der Waals surface area contributed by atoms with Crippen LogP contribution in [0.2, 0.25) is 0 Å². The lowest BCUT2D eigenvalue weighted by Crippen LogP contribution is -2.52. The number of amides is 2. The van der Waals surface area contributed by atoms with Crippen molar-refractivity contribution in [2.24, 2.45) is 0 Å². The van der Waals surface area contributed by atoms with Gasteiger partial charge in [-0.1, -0.05) is 68.4 Å². The Morgan fingerprint density at radius 2 is 1.56 bits per heavy atom. The topological polar surface area (TPSA) is 96.0 Å². The number of rotatable bonds is 12. The van der Waals surface area contributed by atoms with Gasteiger partial charge in [-0.2, -0.15) is 0 Å². The lowest BCUT2D eigenvalue weighted by Gasteiger charge is -2.33. The Kier molecular flexibility index (Phi) is 10.1. The van der Waals surface area contributed by atoms with Gasteiger partial charge in [0.2, 0.25) is 21.8 Å². The first-order valence-corrected chi connectivity index (χ1v) is 14.6. The first-order chi connectivity index (χ1) is 18.5. The van der Waals surface area contributed by atoms with Crippen LogP contribution >= 0.6 is 0 Å². The van der Waals surface area contributed by atoms with Crippen LogP contribution in [0.15, 0.2) is 78.9 Å². The molecule has 0 bridgehead atoms. The average Bonchev–Trinajstić information content (AvgIpc) is 2.93. The smallest absolute Gasteiger partial charge is 0.244 e. The van der Waals surface area contributed by atoms with E-state index in [2.05, 4.69) is 19.2 Å². The molecule has 0 saturated heterocycles. The minimum Gasteiger partial charge on any atom is -0.497 e. The molecule has 0 heterocycles. The summed E-state index contributed by atoms with van der Waals surface area (Å²) in [5.41, 5.74) is 3.06. The van der Waals surface area contributed by atoms with Gasteiger partial charge in [-0.25, -0.2) is 8.42 Å². The lowest BCUT2D eigenvalue weighted by atomic mass is 10.0. The quantitative estimate of drug-likeness (QED) is 0.368. The summed E-state index contributed by atoms with van der Waals surface area (Å²) in [4.78, 5) is 28.6. The van der Waals surface area contributed by atoms with Crippen LogP contribution in [0.4, 0.5) is 5.69 Å². The monoisotopic (exact) mass is 551 g/mol. The predicted molar refractivity (Wildman–Crippen MR) is 154 cm³/mol. The highest BCUT2D eigenvalue weighted by Gasteiger charge is 2.32. The van der Waals surface area contributed by atoms with Crippen LogP contribution in [-0.4, -0.2) is 58.1 Å². The van der Waals surface area contributed by atoms with Crippen LogP contribution in [0.1, 0.15) is 36.5 Å². The molecular weight excluding hydrogens is 514 g/mol. The van der Waals surface area contributed by atoms with Gasteiger partial charge in [-0.15, -0.1) is 0 Å². The Labute approximate surface area is 231 Å². The number of carbonyl (C=O) groups excluding carboxylic acids is 2. The summed E-state index contributed by atoms with van der Waals surface area (Å²) in [6, 6.07) is 22.9. The predicted octanol–water partition coefficient (Wildman–Crippen LogP) is 3.97. The van der Waals surface area contributed by atoms with E-state index in [1.807, 2.05) is 54.6 Å². The molecule has 3 aromatic rings. The molecular formula is C30H37N3O5S. The number of methoxy groups -OCH3 is 1. The van der Waals surface area contributed by atoms with Crippen molar-refractivity contribution in [3.63, 3.8) is 0 Å². The van der Waals surface area contributed by atoms with E-state index >= 15 is 0 Å². The standard InChI is InChI=1S/C30H37N3O5S/c1-22(2)25-14-16-26(17-15-25)33(39(5,36)37)21-29(34)32(20-24-12-9-13-27(18-24)38-4)28(30(35)31-3)19-23-10-7-6-8-11-23/h6-18,22,28H,19-21H2,1-5H3,(H,31,35)/t28-/m0/s1. The molecule has 3 aromatic carbocycles. The Morgan fingerprint density at radius 3 is 2.13 bits per heavy atom. The van der Waals surface area contributed by atoms with Crippen molar-refractivity contribution in [3.05, 3.63) is 95.6 Å². The number of hydrogen-bond acceptors (Lipinski definition) is 5. The van der Waals surface area contributed by atoms with Gasteiger partial charge in [0.15, 0.2) is 0 Å². The molecule has 0 aliphatic rings. The van der Waals surface area contributed by atoms with E-state index in [1.54, 1.807) is 31.4 Å². The molecule has 8 nitrogen and oxygen atoms in total. The van der Waals surface area contributed by atoms with Crippen molar-refractivity contribution in [2.75, 3.05) is 31.3 Å². The summed E-state index contributed by atoms with van der Waals surface area (Å²) in [6.45, 7) is 3.74. The maximum atomic E-state index is 14.0. The van der Waals surface area contributed by atoms with Crippen molar-refractivity contribution in [2.45, 2.75) is 38.8 Å². The van der Waals surface area contributed by atoms with Gasteiger partial charge in [0.1, 0.15) is 18.3 Å². The molecule has 9 heteroatoms. The molecule has 0 aliphatic heterocycles. The third-order valence-electron chi connectivity index (χ3n) is 6.53.